The highest BCUT2D eigenvalue weighted by molar-refractivity contribution is 5.92. The zero-order valence-electron chi connectivity index (χ0n) is 13.7. The normalized spacial score (nSPS) is 10.7. The number of nitrogen functional groups attached to an aromatic ring is 1. The highest BCUT2D eigenvalue weighted by Crippen LogP contribution is 2.26. The average Bonchev–Trinajstić information content (AvgIpc) is 2.50. The quantitative estimate of drug-likeness (QED) is 0.586. The predicted molar refractivity (Wildman–Crippen MR) is 88.8 cm³/mol. The van der Waals surface area contributed by atoms with Gasteiger partial charge in [0, 0.05) is 13.1 Å². The number of carbonyl (C=O) groups excluding carboxylic acids is 1. The maximum Gasteiger partial charge on any atom is 0.338 e. The molecule has 0 atom stereocenters. The van der Waals surface area contributed by atoms with Crippen molar-refractivity contribution in [2.45, 2.75) is 40.5 Å². The fourth-order valence-electron chi connectivity index (χ4n) is 2.42. The van der Waals surface area contributed by atoms with Gasteiger partial charge in [0.1, 0.15) is 0 Å². The molecule has 0 spiro atoms. The van der Waals surface area contributed by atoms with Gasteiger partial charge in [-0.05, 0) is 38.0 Å². The van der Waals surface area contributed by atoms with Crippen molar-refractivity contribution in [3.05, 3.63) is 23.8 Å². The van der Waals surface area contributed by atoms with E-state index in [1.54, 1.807) is 12.1 Å². The molecule has 0 radical (unpaired) electrons. The lowest BCUT2D eigenvalue weighted by atomic mass is 10.0. The Bertz CT molecular complexity index is 456. The van der Waals surface area contributed by atoms with Crippen LogP contribution in [0, 0.1) is 5.92 Å². The summed E-state index contributed by atoms with van der Waals surface area (Å²) in [6.07, 6.45) is 2.29. The second-order valence-corrected chi connectivity index (χ2v) is 5.22. The first kappa shape index (κ1) is 17.3. The van der Waals surface area contributed by atoms with Crippen molar-refractivity contribution in [2.75, 3.05) is 30.3 Å². The van der Waals surface area contributed by atoms with Gasteiger partial charge in [0.25, 0.3) is 0 Å². The van der Waals surface area contributed by atoms with Crippen molar-refractivity contribution in [1.29, 1.82) is 0 Å². The van der Waals surface area contributed by atoms with Crippen molar-refractivity contribution in [2.24, 2.45) is 5.92 Å². The summed E-state index contributed by atoms with van der Waals surface area (Å²) in [5, 5.41) is 0. The molecule has 0 bridgehead atoms. The van der Waals surface area contributed by atoms with Crippen LogP contribution in [0.25, 0.3) is 0 Å². The molecule has 0 amide bonds. The highest BCUT2D eigenvalue weighted by atomic mass is 16.5. The van der Waals surface area contributed by atoms with Crippen LogP contribution in [0.3, 0.4) is 0 Å². The van der Waals surface area contributed by atoms with Crippen LogP contribution in [0.5, 0.6) is 0 Å². The van der Waals surface area contributed by atoms with E-state index < -0.39 is 0 Å². The molecule has 0 saturated carbocycles. The number of esters is 1. The van der Waals surface area contributed by atoms with E-state index >= 15 is 0 Å². The SMILES string of the molecule is CCOC(=O)c1ccc(N)c(N(CC)CC(CC)CC)c1. The molecule has 1 aromatic rings. The number of nitrogens with two attached hydrogens (primary N) is 1. The molecule has 4 nitrogen and oxygen atoms in total. The Hall–Kier alpha value is -1.71. The molecule has 21 heavy (non-hydrogen) atoms. The van der Waals surface area contributed by atoms with Crippen LogP contribution in [-0.2, 0) is 4.74 Å². The average molecular weight is 292 g/mol. The molecule has 0 unspecified atom stereocenters. The maximum absolute atomic E-state index is 11.9. The van der Waals surface area contributed by atoms with Crippen LogP contribution < -0.4 is 10.6 Å². The smallest absolute Gasteiger partial charge is 0.338 e. The number of carbonyl (C=O) groups is 1. The first-order chi connectivity index (χ1) is 10.1. The number of benzene rings is 1. The molecule has 0 aliphatic heterocycles. The maximum atomic E-state index is 11.9. The van der Waals surface area contributed by atoms with Crippen LogP contribution in [0.4, 0.5) is 11.4 Å². The first-order valence-electron chi connectivity index (χ1n) is 7.88. The standard InChI is InChI=1S/C17H28N2O2/c1-5-13(6-2)12-19(7-3)16-11-14(9-10-15(16)18)17(20)21-8-4/h9-11,13H,5-8,12,18H2,1-4H3. The van der Waals surface area contributed by atoms with Crippen LogP contribution in [0.1, 0.15) is 50.9 Å². The van der Waals surface area contributed by atoms with Crippen LogP contribution >= 0.6 is 0 Å². The largest absolute Gasteiger partial charge is 0.462 e. The Labute approximate surface area is 128 Å². The number of hydrogen-bond acceptors (Lipinski definition) is 4. The Kier molecular flexibility index (Phi) is 7.06. The summed E-state index contributed by atoms with van der Waals surface area (Å²) < 4.78 is 5.06. The monoisotopic (exact) mass is 292 g/mol. The van der Waals surface area contributed by atoms with E-state index in [-0.39, 0.29) is 5.97 Å². The Morgan fingerprint density at radius 3 is 2.43 bits per heavy atom. The molecule has 0 heterocycles. The van der Waals surface area contributed by atoms with Gasteiger partial charge in [-0.25, -0.2) is 4.79 Å². The van der Waals surface area contributed by atoms with Crippen LogP contribution in [-0.4, -0.2) is 25.7 Å². The number of rotatable bonds is 8. The molecule has 1 rings (SSSR count). The lowest BCUT2D eigenvalue weighted by Crippen LogP contribution is -2.29. The van der Waals surface area contributed by atoms with E-state index in [4.69, 9.17) is 10.5 Å². The van der Waals surface area contributed by atoms with E-state index in [2.05, 4.69) is 25.7 Å². The molecule has 0 fully saturated rings. The van der Waals surface area contributed by atoms with E-state index in [0.717, 1.165) is 31.6 Å². The molecular formula is C17H28N2O2. The van der Waals surface area contributed by atoms with Crippen molar-refractivity contribution < 1.29 is 9.53 Å². The van der Waals surface area contributed by atoms with Crippen LogP contribution in [0.15, 0.2) is 18.2 Å². The minimum atomic E-state index is -0.294. The highest BCUT2D eigenvalue weighted by Gasteiger charge is 2.16. The zero-order valence-corrected chi connectivity index (χ0v) is 13.7. The van der Waals surface area contributed by atoms with Gasteiger partial charge in [-0.3, -0.25) is 0 Å². The third-order valence-corrected chi connectivity index (χ3v) is 3.90. The zero-order chi connectivity index (χ0) is 15.8. The van der Waals surface area contributed by atoms with Crippen LogP contribution in [0.2, 0.25) is 0 Å². The van der Waals surface area contributed by atoms with Gasteiger partial charge in [0.2, 0.25) is 0 Å². The first-order valence-corrected chi connectivity index (χ1v) is 7.88. The van der Waals surface area contributed by atoms with Gasteiger partial charge >= 0.3 is 5.97 Å². The third-order valence-electron chi connectivity index (χ3n) is 3.90. The van der Waals surface area contributed by atoms with Crippen molar-refractivity contribution in [1.82, 2.24) is 0 Å². The minimum absolute atomic E-state index is 0.294. The fraction of sp³-hybridized carbons (Fsp3) is 0.588. The lowest BCUT2D eigenvalue weighted by molar-refractivity contribution is 0.0526. The molecule has 0 aliphatic rings. The Balaban J connectivity index is 3.02. The summed E-state index contributed by atoms with van der Waals surface area (Å²) in [6.45, 7) is 10.5. The van der Waals surface area contributed by atoms with Gasteiger partial charge in [-0.2, -0.15) is 0 Å². The summed E-state index contributed by atoms with van der Waals surface area (Å²) >= 11 is 0. The van der Waals surface area contributed by atoms with E-state index in [1.807, 2.05) is 13.0 Å². The number of anilines is 2. The van der Waals surface area contributed by atoms with E-state index in [1.165, 1.54) is 0 Å². The summed E-state index contributed by atoms with van der Waals surface area (Å²) in [5.41, 5.74) is 8.29. The topological polar surface area (TPSA) is 55.6 Å². The van der Waals surface area contributed by atoms with E-state index in [0.29, 0.717) is 23.8 Å². The Morgan fingerprint density at radius 2 is 1.90 bits per heavy atom. The summed E-state index contributed by atoms with van der Waals surface area (Å²) in [6, 6.07) is 5.36. The Morgan fingerprint density at radius 1 is 1.24 bits per heavy atom. The molecular weight excluding hydrogens is 264 g/mol. The lowest BCUT2D eigenvalue weighted by Gasteiger charge is -2.28. The third kappa shape index (κ3) is 4.66. The number of nitrogens with zero attached hydrogens (tertiary/aromatic N) is 1. The number of hydrogen-bond donors (Lipinski definition) is 1. The molecule has 4 heteroatoms. The van der Waals surface area contributed by atoms with Gasteiger partial charge in [-0.1, -0.05) is 26.7 Å². The minimum Gasteiger partial charge on any atom is -0.462 e. The van der Waals surface area contributed by atoms with Crippen molar-refractivity contribution in [3.8, 4) is 0 Å². The number of ether oxygens (including phenoxy) is 1. The summed E-state index contributed by atoms with van der Waals surface area (Å²) in [7, 11) is 0. The molecule has 0 aromatic heterocycles. The molecule has 1 aromatic carbocycles. The van der Waals surface area contributed by atoms with Crippen molar-refractivity contribution >= 4 is 17.3 Å². The summed E-state index contributed by atoms with van der Waals surface area (Å²) in [4.78, 5) is 14.1. The van der Waals surface area contributed by atoms with Gasteiger partial charge in [0.15, 0.2) is 0 Å². The summed E-state index contributed by atoms with van der Waals surface area (Å²) in [5.74, 6) is 0.341. The molecule has 0 saturated heterocycles. The second-order valence-electron chi connectivity index (χ2n) is 5.22. The van der Waals surface area contributed by atoms with Gasteiger partial charge in [-0.15, -0.1) is 0 Å². The van der Waals surface area contributed by atoms with Gasteiger partial charge < -0.3 is 15.4 Å². The van der Waals surface area contributed by atoms with E-state index in [9.17, 15) is 4.79 Å². The molecule has 0 aliphatic carbocycles. The van der Waals surface area contributed by atoms with Gasteiger partial charge in [0.05, 0.1) is 23.5 Å². The fourth-order valence-corrected chi connectivity index (χ4v) is 2.42. The second kappa shape index (κ2) is 8.55. The molecule has 2 N–H and O–H groups in total. The molecule has 118 valence electrons. The predicted octanol–water partition coefficient (Wildman–Crippen LogP) is 3.71. The van der Waals surface area contributed by atoms with Crippen molar-refractivity contribution in [3.63, 3.8) is 0 Å².